The summed E-state index contributed by atoms with van der Waals surface area (Å²) in [5.74, 6) is -0.524. The summed E-state index contributed by atoms with van der Waals surface area (Å²) in [5, 5.41) is 15.5. The second-order valence-electron chi connectivity index (χ2n) is 6.60. The van der Waals surface area contributed by atoms with Gasteiger partial charge in [-0.1, -0.05) is 23.7 Å². The number of aryl methyl sites for hydroxylation is 2. The van der Waals surface area contributed by atoms with Gasteiger partial charge in [-0.25, -0.2) is 5.43 Å². The van der Waals surface area contributed by atoms with Gasteiger partial charge in [0.1, 0.15) is 0 Å². The van der Waals surface area contributed by atoms with Gasteiger partial charge in [-0.05, 0) is 50.6 Å². The van der Waals surface area contributed by atoms with Crippen LogP contribution in [0, 0.1) is 30.9 Å². The van der Waals surface area contributed by atoms with Gasteiger partial charge in [0.05, 0.1) is 11.1 Å². The van der Waals surface area contributed by atoms with Crippen LogP contribution in [0.15, 0.2) is 53.6 Å². The summed E-state index contributed by atoms with van der Waals surface area (Å²) < 4.78 is 2.07. The molecule has 1 heterocycles. The molecule has 0 radical (unpaired) electrons. The second kappa shape index (κ2) is 8.28. The Morgan fingerprint density at radius 3 is 2.66 bits per heavy atom. The number of carbonyl (C=O) groups excluding carboxylic acids is 1. The van der Waals surface area contributed by atoms with Crippen molar-refractivity contribution in [3.63, 3.8) is 0 Å². The maximum Gasteiger partial charge on any atom is 0.271 e. The van der Waals surface area contributed by atoms with Crippen LogP contribution in [-0.4, -0.2) is 21.6 Å². The molecule has 148 valence electrons. The average Bonchev–Trinajstić information content (AvgIpc) is 2.97. The van der Waals surface area contributed by atoms with Gasteiger partial charge >= 0.3 is 0 Å². The third-order valence-electron chi connectivity index (χ3n) is 4.57. The zero-order valence-corrected chi connectivity index (χ0v) is 16.9. The first-order chi connectivity index (χ1) is 13.8. The van der Waals surface area contributed by atoms with E-state index in [1.165, 1.54) is 24.3 Å². The Morgan fingerprint density at radius 2 is 1.93 bits per heavy atom. The quantitative estimate of drug-likeness (QED) is 0.374. The fraction of sp³-hybridized carbons (Fsp3) is 0.143. The smallest absolute Gasteiger partial charge is 0.271 e. The summed E-state index contributed by atoms with van der Waals surface area (Å²) in [4.78, 5) is 22.5. The SMILES string of the molecule is Cc1ccc(Cl)cc1-n1c(C)cc(/C=N\NC(=O)c2cccc([N+](=O)[O-])c2)c1C. The predicted octanol–water partition coefficient (Wildman–Crippen LogP) is 4.73. The molecule has 3 rings (SSSR count). The van der Waals surface area contributed by atoms with Gasteiger partial charge < -0.3 is 4.57 Å². The van der Waals surface area contributed by atoms with Crippen LogP contribution in [0.4, 0.5) is 5.69 Å². The number of nitrogens with one attached hydrogen (secondary N) is 1. The van der Waals surface area contributed by atoms with Gasteiger partial charge in [-0.2, -0.15) is 5.10 Å². The van der Waals surface area contributed by atoms with E-state index < -0.39 is 10.8 Å². The lowest BCUT2D eigenvalue weighted by molar-refractivity contribution is -0.384. The van der Waals surface area contributed by atoms with Crippen molar-refractivity contribution in [1.82, 2.24) is 9.99 Å². The standard InChI is InChI=1S/C21H19ClN4O3/c1-13-7-8-18(22)11-20(13)25-14(2)9-17(15(25)3)12-23-24-21(27)16-5-4-6-19(10-16)26(28)29/h4-12H,1-3H3,(H,24,27)/b23-12-. The van der Waals surface area contributed by atoms with Crippen LogP contribution in [-0.2, 0) is 0 Å². The number of hydrazone groups is 1. The van der Waals surface area contributed by atoms with Gasteiger partial charge in [0.25, 0.3) is 11.6 Å². The molecule has 2 aromatic carbocycles. The van der Waals surface area contributed by atoms with E-state index >= 15 is 0 Å². The highest BCUT2D eigenvalue weighted by Crippen LogP contribution is 2.25. The zero-order valence-electron chi connectivity index (χ0n) is 16.1. The molecule has 29 heavy (non-hydrogen) atoms. The molecule has 8 heteroatoms. The minimum absolute atomic E-state index is 0.151. The second-order valence-corrected chi connectivity index (χ2v) is 7.04. The molecule has 0 aliphatic carbocycles. The molecule has 0 aliphatic heterocycles. The molecule has 0 saturated heterocycles. The van der Waals surface area contributed by atoms with Gasteiger partial charge in [0.15, 0.2) is 0 Å². The molecular formula is C21H19ClN4O3. The number of nitro benzene ring substituents is 1. The number of benzene rings is 2. The van der Waals surface area contributed by atoms with Crippen LogP contribution in [0.25, 0.3) is 5.69 Å². The molecule has 0 atom stereocenters. The Labute approximate surface area is 172 Å². The maximum absolute atomic E-state index is 12.2. The number of aromatic nitrogens is 1. The van der Waals surface area contributed by atoms with Crippen LogP contribution in [0.2, 0.25) is 5.02 Å². The molecular weight excluding hydrogens is 392 g/mol. The van der Waals surface area contributed by atoms with Gasteiger partial charge in [-0.15, -0.1) is 0 Å². The third kappa shape index (κ3) is 4.35. The lowest BCUT2D eigenvalue weighted by Crippen LogP contribution is -2.17. The Balaban J connectivity index is 1.82. The number of non-ortho nitro benzene ring substituents is 1. The number of amides is 1. The zero-order chi connectivity index (χ0) is 21.1. The van der Waals surface area contributed by atoms with E-state index in [4.69, 9.17) is 11.6 Å². The van der Waals surface area contributed by atoms with Crippen LogP contribution in [0.5, 0.6) is 0 Å². The van der Waals surface area contributed by atoms with Crippen LogP contribution >= 0.6 is 11.6 Å². The molecule has 0 unspecified atom stereocenters. The highest BCUT2D eigenvalue weighted by atomic mass is 35.5. The lowest BCUT2D eigenvalue weighted by atomic mass is 10.2. The topological polar surface area (TPSA) is 89.5 Å². The van der Waals surface area contributed by atoms with Crippen molar-refractivity contribution in [2.24, 2.45) is 5.10 Å². The van der Waals surface area contributed by atoms with Gasteiger partial charge in [-0.3, -0.25) is 14.9 Å². The monoisotopic (exact) mass is 410 g/mol. The number of halogens is 1. The molecule has 0 spiro atoms. The van der Waals surface area contributed by atoms with E-state index in [0.717, 1.165) is 28.2 Å². The number of hydrogen-bond donors (Lipinski definition) is 1. The maximum atomic E-state index is 12.2. The largest absolute Gasteiger partial charge is 0.318 e. The van der Waals surface area contributed by atoms with Crippen LogP contribution in [0.3, 0.4) is 0 Å². The molecule has 3 aromatic rings. The van der Waals surface area contributed by atoms with Gasteiger partial charge in [0, 0.05) is 45.4 Å². The third-order valence-corrected chi connectivity index (χ3v) is 4.81. The summed E-state index contributed by atoms with van der Waals surface area (Å²) in [7, 11) is 0. The molecule has 7 nitrogen and oxygen atoms in total. The number of nitro groups is 1. The average molecular weight is 411 g/mol. The Bertz CT molecular complexity index is 1130. The van der Waals surface area contributed by atoms with Gasteiger partial charge in [0.2, 0.25) is 0 Å². The fourth-order valence-electron chi connectivity index (χ4n) is 3.10. The summed E-state index contributed by atoms with van der Waals surface area (Å²) in [6.45, 7) is 5.95. The Morgan fingerprint density at radius 1 is 1.17 bits per heavy atom. The van der Waals surface area contributed by atoms with Crippen LogP contribution in [0.1, 0.15) is 32.9 Å². The Hall–Kier alpha value is -3.45. The number of hydrogen-bond acceptors (Lipinski definition) is 4. The molecule has 0 saturated carbocycles. The minimum atomic E-state index is -0.549. The number of nitrogens with zero attached hydrogens (tertiary/aromatic N) is 3. The normalized spacial score (nSPS) is 11.0. The molecule has 1 N–H and O–H groups in total. The first-order valence-corrected chi connectivity index (χ1v) is 9.19. The molecule has 1 aromatic heterocycles. The van der Waals surface area contributed by atoms with E-state index in [0.29, 0.717) is 5.02 Å². The van der Waals surface area contributed by atoms with E-state index in [-0.39, 0.29) is 11.3 Å². The highest BCUT2D eigenvalue weighted by Gasteiger charge is 2.13. The summed E-state index contributed by atoms with van der Waals surface area (Å²) in [5.41, 5.74) is 7.26. The van der Waals surface area contributed by atoms with Crippen molar-refractivity contribution >= 4 is 29.4 Å². The number of carbonyl (C=O) groups is 1. The minimum Gasteiger partial charge on any atom is -0.318 e. The summed E-state index contributed by atoms with van der Waals surface area (Å²) in [6.07, 6.45) is 1.55. The van der Waals surface area contributed by atoms with Crippen molar-refractivity contribution in [1.29, 1.82) is 0 Å². The number of rotatable bonds is 5. The van der Waals surface area contributed by atoms with E-state index in [1.54, 1.807) is 6.21 Å². The van der Waals surface area contributed by atoms with Crippen molar-refractivity contribution in [3.8, 4) is 5.69 Å². The molecule has 0 fully saturated rings. The highest BCUT2D eigenvalue weighted by molar-refractivity contribution is 6.30. The molecule has 0 bridgehead atoms. The van der Waals surface area contributed by atoms with Crippen LogP contribution < -0.4 is 5.43 Å². The van der Waals surface area contributed by atoms with Crippen molar-refractivity contribution < 1.29 is 9.72 Å². The van der Waals surface area contributed by atoms with E-state index in [1.807, 2.05) is 45.0 Å². The Kier molecular flexibility index (Phi) is 5.79. The first-order valence-electron chi connectivity index (χ1n) is 8.81. The lowest BCUT2D eigenvalue weighted by Gasteiger charge is -2.13. The first kappa shape index (κ1) is 20.3. The van der Waals surface area contributed by atoms with Crippen molar-refractivity contribution in [2.75, 3.05) is 0 Å². The summed E-state index contributed by atoms with van der Waals surface area (Å²) in [6, 6.07) is 13.2. The van der Waals surface area contributed by atoms with Crippen molar-refractivity contribution in [2.45, 2.75) is 20.8 Å². The van der Waals surface area contributed by atoms with E-state index in [9.17, 15) is 14.9 Å². The molecule has 1 amide bonds. The predicted molar refractivity (Wildman–Crippen MR) is 113 cm³/mol. The summed E-state index contributed by atoms with van der Waals surface area (Å²) >= 11 is 6.16. The fourth-order valence-corrected chi connectivity index (χ4v) is 3.26. The molecule has 0 aliphatic rings. The van der Waals surface area contributed by atoms with E-state index in [2.05, 4.69) is 15.1 Å². The van der Waals surface area contributed by atoms with Crippen molar-refractivity contribution in [3.05, 3.63) is 91.7 Å².